The zero-order valence-corrected chi connectivity index (χ0v) is 9.46. The molecule has 0 saturated heterocycles. The second-order valence-corrected chi connectivity index (χ2v) is 4.00. The van der Waals surface area contributed by atoms with Crippen LogP contribution in [0.25, 0.3) is 0 Å². The molecule has 0 N–H and O–H groups in total. The van der Waals surface area contributed by atoms with Gasteiger partial charge in [-0.3, -0.25) is 4.90 Å². The lowest BCUT2D eigenvalue weighted by Crippen LogP contribution is -2.43. The molecule has 94 valence electrons. The van der Waals surface area contributed by atoms with Gasteiger partial charge in [-0.2, -0.15) is 13.2 Å². The molecule has 0 aromatic heterocycles. The highest BCUT2D eigenvalue weighted by atomic mass is 19.4. The number of hydrogen-bond donors (Lipinski definition) is 0. The molecule has 1 unspecified atom stereocenters. The van der Waals surface area contributed by atoms with Crippen molar-refractivity contribution in [2.24, 2.45) is 0 Å². The number of alkyl halides is 3. The van der Waals surface area contributed by atoms with Crippen molar-refractivity contribution < 1.29 is 17.9 Å². The molecule has 0 heterocycles. The van der Waals surface area contributed by atoms with E-state index in [1.807, 2.05) is 12.2 Å². The van der Waals surface area contributed by atoms with Crippen molar-refractivity contribution in [2.75, 3.05) is 26.8 Å². The van der Waals surface area contributed by atoms with Crippen LogP contribution in [0.4, 0.5) is 13.2 Å². The molecule has 0 radical (unpaired) electrons. The predicted molar refractivity (Wildman–Crippen MR) is 56.3 cm³/mol. The molecule has 0 bridgehead atoms. The third kappa shape index (κ3) is 4.99. The van der Waals surface area contributed by atoms with E-state index in [0.717, 1.165) is 19.3 Å². The summed E-state index contributed by atoms with van der Waals surface area (Å²) in [6.45, 7) is -0.198. The number of rotatable bonds is 5. The van der Waals surface area contributed by atoms with Crippen LogP contribution in [0.2, 0.25) is 0 Å². The molecule has 5 heteroatoms. The van der Waals surface area contributed by atoms with Crippen LogP contribution in [0.3, 0.4) is 0 Å². The topological polar surface area (TPSA) is 12.5 Å². The van der Waals surface area contributed by atoms with Crippen molar-refractivity contribution in [3.05, 3.63) is 12.2 Å². The van der Waals surface area contributed by atoms with Gasteiger partial charge in [-0.15, -0.1) is 0 Å². The summed E-state index contributed by atoms with van der Waals surface area (Å²) >= 11 is 0. The molecule has 16 heavy (non-hydrogen) atoms. The summed E-state index contributed by atoms with van der Waals surface area (Å²) in [6.07, 6.45) is 2.44. The normalized spacial score (nSPS) is 21.7. The van der Waals surface area contributed by atoms with Gasteiger partial charge in [0.2, 0.25) is 0 Å². The number of allylic oxidation sites excluding steroid dienone is 1. The maximum Gasteiger partial charge on any atom is 0.401 e. The number of methoxy groups -OCH3 is 1. The van der Waals surface area contributed by atoms with Crippen molar-refractivity contribution >= 4 is 0 Å². The number of nitrogens with zero attached hydrogens (tertiary/aromatic N) is 1. The zero-order valence-electron chi connectivity index (χ0n) is 9.46. The second kappa shape index (κ2) is 6.25. The van der Waals surface area contributed by atoms with Crippen LogP contribution in [0, 0.1) is 0 Å². The Labute approximate surface area is 94.1 Å². The lowest BCUT2D eigenvalue weighted by Gasteiger charge is -2.31. The van der Waals surface area contributed by atoms with Crippen molar-refractivity contribution in [3.63, 3.8) is 0 Å². The summed E-state index contributed by atoms with van der Waals surface area (Å²) in [5.41, 5.74) is 0. The fourth-order valence-electron chi connectivity index (χ4n) is 1.90. The van der Waals surface area contributed by atoms with Gasteiger partial charge in [0.05, 0.1) is 13.2 Å². The number of halogens is 3. The highest BCUT2D eigenvalue weighted by molar-refractivity contribution is 4.99. The van der Waals surface area contributed by atoms with E-state index in [1.54, 1.807) is 0 Å². The molecular weight excluding hydrogens is 219 g/mol. The van der Waals surface area contributed by atoms with Crippen LogP contribution in [-0.2, 0) is 4.74 Å². The molecule has 1 aliphatic rings. The predicted octanol–water partition coefficient (Wildman–Crippen LogP) is 2.61. The Morgan fingerprint density at radius 3 is 2.69 bits per heavy atom. The fraction of sp³-hybridized carbons (Fsp3) is 0.818. The number of hydrogen-bond acceptors (Lipinski definition) is 2. The van der Waals surface area contributed by atoms with Crippen molar-refractivity contribution in [3.8, 4) is 0 Å². The largest absolute Gasteiger partial charge is 0.401 e. The molecule has 0 aliphatic heterocycles. The van der Waals surface area contributed by atoms with Gasteiger partial charge < -0.3 is 4.74 Å². The van der Waals surface area contributed by atoms with Crippen molar-refractivity contribution in [1.82, 2.24) is 4.90 Å². The van der Waals surface area contributed by atoms with E-state index in [0.29, 0.717) is 13.2 Å². The minimum Gasteiger partial charge on any atom is -0.383 e. The summed E-state index contributed by atoms with van der Waals surface area (Å²) < 4.78 is 42.0. The van der Waals surface area contributed by atoms with Crippen LogP contribution in [-0.4, -0.2) is 43.9 Å². The highest BCUT2D eigenvalue weighted by Gasteiger charge is 2.33. The fourth-order valence-corrected chi connectivity index (χ4v) is 1.90. The summed E-state index contributed by atoms with van der Waals surface area (Å²) in [7, 11) is 1.50. The molecule has 0 aromatic rings. The standard InChI is InChI=1S/C11H18F3NO/c1-16-8-7-15(9-11(12,13)14)10-5-3-2-4-6-10/h3,5,10H,2,4,6-9H2,1H3. The third-order valence-corrected chi connectivity index (χ3v) is 2.66. The third-order valence-electron chi connectivity index (χ3n) is 2.66. The van der Waals surface area contributed by atoms with Gasteiger partial charge in [0.15, 0.2) is 0 Å². The van der Waals surface area contributed by atoms with Crippen molar-refractivity contribution in [1.29, 1.82) is 0 Å². The Hall–Kier alpha value is -0.550. The van der Waals surface area contributed by atoms with Crippen LogP contribution in [0.15, 0.2) is 12.2 Å². The van der Waals surface area contributed by atoms with Crippen molar-refractivity contribution in [2.45, 2.75) is 31.5 Å². The Kier molecular flexibility index (Phi) is 5.28. The molecule has 1 rings (SSSR count). The zero-order chi connectivity index (χ0) is 12.0. The molecular formula is C11H18F3NO. The van der Waals surface area contributed by atoms with Crippen LogP contribution in [0.1, 0.15) is 19.3 Å². The van der Waals surface area contributed by atoms with E-state index >= 15 is 0 Å². The Morgan fingerprint density at radius 1 is 1.44 bits per heavy atom. The molecule has 2 nitrogen and oxygen atoms in total. The van der Waals surface area contributed by atoms with Gasteiger partial charge in [0.1, 0.15) is 0 Å². The monoisotopic (exact) mass is 237 g/mol. The van der Waals surface area contributed by atoms with E-state index in [4.69, 9.17) is 4.74 Å². The molecule has 0 amide bonds. The smallest absolute Gasteiger partial charge is 0.383 e. The average Bonchev–Trinajstić information content (AvgIpc) is 2.24. The minimum absolute atomic E-state index is 0.0921. The minimum atomic E-state index is -4.14. The summed E-state index contributed by atoms with van der Waals surface area (Å²) in [5.74, 6) is 0. The first-order valence-electron chi connectivity index (χ1n) is 5.49. The van der Waals surface area contributed by atoms with E-state index in [-0.39, 0.29) is 6.04 Å². The van der Waals surface area contributed by atoms with Gasteiger partial charge in [-0.05, 0) is 19.3 Å². The van der Waals surface area contributed by atoms with E-state index in [9.17, 15) is 13.2 Å². The van der Waals surface area contributed by atoms with Gasteiger partial charge in [0, 0.05) is 19.7 Å². The molecule has 0 aromatic carbocycles. The lowest BCUT2D eigenvalue weighted by atomic mass is 10.0. The Bertz CT molecular complexity index is 228. The van der Waals surface area contributed by atoms with Gasteiger partial charge in [-0.1, -0.05) is 12.2 Å². The van der Waals surface area contributed by atoms with E-state index in [2.05, 4.69) is 0 Å². The van der Waals surface area contributed by atoms with Gasteiger partial charge in [-0.25, -0.2) is 0 Å². The van der Waals surface area contributed by atoms with Crippen LogP contribution < -0.4 is 0 Å². The maximum absolute atomic E-state index is 12.4. The van der Waals surface area contributed by atoms with Gasteiger partial charge >= 0.3 is 6.18 Å². The second-order valence-electron chi connectivity index (χ2n) is 4.00. The molecule has 0 saturated carbocycles. The number of ether oxygens (including phenoxy) is 1. The Balaban J connectivity index is 2.54. The highest BCUT2D eigenvalue weighted by Crippen LogP contribution is 2.22. The maximum atomic E-state index is 12.4. The quantitative estimate of drug-likeness (QED) is 0.681. The Morgan fingerprint density at radius 2 is 2.19 bits per heavy atom. The molecule has 0 spiro atoms. The molecule has 1 atom stereocenters. The summed E-state index contributed by atoms with van der Waals surface area (Å²) in [4.78, 5) is 1.44. The SMILES string of the molecule is COCCN(CC(F)(F)F)C1C=CCCC1. The van der Waals surface area contributed by atoms with Crippen LogP contribution >= 0.6 is 0 Å². The lowest BCUT2D eigenvalue weighted by molar-refractivity contribution is -0.150. The summed E-state index contributed by atoms with van der Waals surface area (Å²) in [5, 5.41) is 0. The van der Waals surface area contributed by atoms with E-state index in [1.165, 1.54) is 12.0 Å². The van der Waals surface area contributed by atoms with Crippen LogP contribution in [0.5, 0.6) is 0 Å². The first-order chi connectivity index (χ1) is 7.53. The van der Waals surface area contributed by atoms with E-state index < -0.39 is 12.7 Å². The average molecular weight is 237 g/mol. The molecule has 0 fully saturated rings. The van der Waals surface area contributed by atoms with Gasteiger partial charge in [0.25, 0.3) is 0 Å². The first-order valence-corrected chi connectivity index (χ1v) is 5.49. The molecule has 1 aliphatic carbocycles. The first kappa shape index (κ1) is 13.5. The summed E-state index contributed by atoms with van der Waals surface area (Å²) in [6, 6.07) is -0.0921.